The minimum atomic E-state index is -0.204. The number of aromatic nitrogens is 4. The molecule has 2 aromatic carbocycles. The molecular weight excluding hydrogens is 426 g/mol. The molecule has 0 radical (unpaired) electrons. The van der Waals surface area contributed by atoms with Gasteiger partial charge < -0.3 is 5.32 Å². The zero-order valence-electron chi connectivity index (χ0n) is 17.4. The third-order valence-corrected chi connectivity index (χ3v) is 6.79. The second-order valence-electron chi connectivity index (χ2n) is 7.25. The molecule has 4 rings (SSSR count). The summed E-state index contributed by atoms with van der Waals surface area (Å²) in [5.41, 5.74) is 3.45. The first-order chi connectivity index (χ1) is 15.1. The Bertz CT molecular complexity index is 1150. The van der Waals surface area contributed by atoms with Crippen LogP contribution >= 0.6 is 23.1 Å². The van der Waals surface area contributed by atoms with Crippen molar-refractivity contribution in [2.75, 3.05) is 0 Å². The van der Waals surface area contributed by atoms with Gasteiger partial charge in [0.15, 0.2) is 5.16 Å². The van der Waals surface area contributed by atoms with E-state index in [1.165, 1.54) is 16.9 Å². The van der Waals surface area contributed by atoms with Gasteiger partial charge in [0.05, 0.1) is 11.4 Å². The minimum Gasteiger partial charge on any atom is -0.346 e. The molecule has 0 spiro atoms. The van der Waals surface area contributed by atoms with Gasteiger partial charge in [0.2, 0.25) is 5.01 Å². The van der Waals surface area contributed by atoms with Gasteiger partial charge in [-0.2, -0.15) is 0 Å². The molecule has 0 saturated carbocycles. The summed E-state index contributed by atoms with van der Waals surface area (Å²) in [6.07, 6.45) is 3.79. The van der Waals surface area contributed by atoms with E-state index in [4.69, 9.17) is 0 Å². The molecule has 6 nitrogen and oxygen atoms in total. The number of nitrogens with one attached hydrogen (secondary N) is 1. The van der Waals surface area contributed by atoms with Crippen LogP contribution < -0.4 is 5.32 Å². The smallest absolute Gasteiger partial charge is 0.282 e. The number of benzene rings is 2. The summed E-state index contributed by atoms with van der Waals surface area (Å²) in [4.78, 5) is 16.9. The molecule has 158 valence electrons. The fraction of sp³-hybridized carbons (Fsp3) is 0.217. The van der Waals surface area contributed by atoms with Gasteiger partial charge in [0.1, 0.15) is 5.01 Å². The fourth-order valence-electron chi connectivity index (χ4n) is 3.16. The Balaban J connectivity index is 1.40. The van der Waals surface area contributed by atoms with Gasteiger partial charge in [0, 0.05) is 18.9 Å². The van der Waals surface area contributed by atoms with Crippen LogP contribution in [0, 0.1) is 0 Å². The van der Waals surface area contributed by atoms with E-state index in [1.807, 2.05) is 48.8 Å². The number of imidazole rings is 1. The zero-order valence-corrected chi connectivity index (χ0v) is 19.0. The fourth-order valence-corrected chi connectivity index (χ4v) is 4.87. The number of carbonyl (C=O) groups is 1. The van der Waals surface area contributed by atoms with Crippen LogP contribution in [0.2, 0.25) is 0 Å². The molecule has 0 aliphatic heterocycles. The highest BCUT2D eigenvalue weighted by molar-refractivity contribution is 7.98. The molecule has 0 aliphatic rings. The van der Waals surface area contributed by atoms with Crippen LogP contribution in [0.15, 0.2) is 72.1 Å². The second kappa shape index (κ2) is 9.89. The van der Waals surface area contributed by atoms with E-state index in [0.717, 1.165) is 21.4 Å². The SMILES string of the molecule is CC(C)c1ccccc1-n1ccnc1SCc1nnc(C(=O)NCc2ccccc2)s1. The molecule has 0 fully saturated rings. The predicted molar refractivity (Wildman–Crippen MR) is 125 cm³/mol. The molecule has 0 unspecified atom stereocenters. The van der Waals surface area contributed by atoms with Gasteiger partial charge in [-0.1, -0.05) is 85.5 Å². The summed E-state index contributed by atoms with van der Waals surface area (Å²) in [6.45, 7) is 4.85. The van der Waals surface area contributed by atoms with Crippen LogP contribution in [0.25, 0.3) is 5.69 Å². The van der Waals surface area contributed by atoms with Crippen LogP contribution in [-0.4, -0.2) is 25.7 Å². The number of nitrogens with zero attached hydrogens (tertiary/aromatic N) is 4. The van der Waals surface area contributed by atoms with E-state index in [1.54, 1.807) is 11.8 Å². The maximum Gasteiger partial charge on any atom is 0.282 e. The molecule has 0 atom stereocenters. The Morgan fingerprint density at radius 1 is 1.10 bits per heavy atom. The van der Waals surface area contributed by atoms with Gasteiger partial charge in [-0.3, -0.25) is 9.36 Å². The van der Waals surface area contributed by atoms with Crippen LogP contribution in [0.4, 0.5) is 0 Å². The topological polar surface area (TPSA) is 72.7 Å². The monoisotopic (exact) mass is 449 g/mol. The van der Waals surface area contributed by atoms with E-state index in [0.29, 0.717) is 23.2 Å². The van der Waals surface area contributed by atoms with Crippen molar-refractivity contribution in [3.8, 4) is 5.69 Å². The van der Waals surface area contributed by atoms with Crippen LogP contribution in [0.5, 0.6) is 0 Å². The van der Waals surface area contributed by atoms with Gasteiger partial charge in [-0.05, 0) is 23.1 Å². The summed E-state index contributed by atoms with van der Waals surface area (Å²) >= 11 is 2.90. The molecule has 8 heteroatoms. The number of amides is 1. The molecule has 0 saturated heterocycles. The summed E-state index contributed by atoms with van der Waals surface area (Å²) in [5, 5.41) is 13.2. The van der Waals surface area contributed by atoms with E-state index in [-0.39, 0.29) is 5.91 Å². The lowest BCUT2D eigenvalue weighted by atomic mass is 10.0. The lowest BCUT2D eigenvalue weighted by molar-refractivity contribution is 0.0950. The van der Waals surface area contributed by atoms with Crippen LogP contribution in [0.3, 0.4) is 0 Å². The maximum atomic E-state index is 12.4. The van der Waals surface area contributed by atoms with E-state index < -0.39 is 0 Å². The largest absolute Gasteiger partial charge is 0.346 e. The summed E-state index contributed by atoms with van der Waals surface area (Å²) in [7, 11) is 0. The number of hydrogen-bond donors (Lipinski definition) is 1. The highest BCUT2D eigenvalue weighted by Crippen LogP contribution is 2.29. The summed E-state index contributed by atoms with van der Waals surface area (Å²) < 4.78 is 2.11. The third-order valence-electron chi connectivity index (χ3n) is 4.71. The highest BCUT2D eigenvalue weighted by Gasteiger charge is 2.15. The zero-order chi connectivity index (χ0) is 21.6. The lowest BCUT2D eigenvalue weighted by Crippen LogP contribution is -2.22. The Morgan fingerprint density at radius 3 is 2.68 bits per heavy atom. The Labute approximate surface area is 189 Å². The predicted octanol–water partition coefficient (Wildman–Crippen LogP) is 5.07. The summed E-state index contributed by atoms with van der Waals surface area (Å²) in [5.74, 6) is 0.811. The van der Waals surface area contributed by atoms with Crippen molar-refractivity contribution in [2.45, 2.75) is 37.2 Å². The Hall–Kier alpha value is -2.97. The molecule has 4 aromatic rings. The molecule has 0 bridgehead atoms. The van der Waals surface area contributed by atoms with Crippen molar-refractivity contribution in [1.82, 2.24) is 25.1 Å². The normalized spacial score (nSPS) is 11.1. The van der Waals surface area contributed by atoms with Gasteiger partial charge >= 0.3 is 0 Å². The van der Waals surface area contributed by atoms with Crippen molar-refractivity contribution in [3.05, 3.63) is 88.1 Å². The Kier molecular flexibility index (Phi) is 6.79. The first-order valence-electron chi connectivity index (χ1n) is 10.0. The highest BCUT2D eigenvalue weighted by atomic mass is 32.2. The van der Waals surface area contributed by atoms with Crippen molar-refractivity contribution in [2.24, 2.45) is 0 Å². The Morgan fingerprint density at radius 2 is 1.87 bits per heavy atom. The first-order valence-corrected chi connectivity index (χ1v) is 11.8. The molecular formula is C23H23N5OS2. The quantitative estimate of drug-likeness (QED) is 0.380. The number of para-hydroxylation sites is 1. The van der Waals surface area contributed by atoms with E-state index >= 15 is 0 Å². The number of rotatable bonds is 8. The molecule has 2 aromatic heterocycles. The molecule has 1 amide bonds. The maximum absolute atomic E-state index is 12.4. The summed E-state index contributed by atoms with van der Waals surface area (Å²) in [6, 6.07) is 18.2. The average molecular weight is 450 g/mol. The minimum absolute atomic E-state index is 0.204. The molecule has 31 heavy (non-hydrogen) atoms. The molecule has 2 heterocycles. The molecule has 0 aliphatic carbocycles. The van der Waals surface area contributed by atoms with Crippen molar-refractivity contribution < 1.29 is 4.79 Å². The number of hydrogen-bond acceptors (Lipinski definition) is 6. The second-order valence-corrected chi connectivity index (χ2v) is 9.26. The van der Waals surface area contributed by atoms with Gasteiger partial charge in [-0.15, -0.1) is 10.2 Å². The van der Waals surface area contributed by atoms with Gasteiger partial charge in [0.25, 0.3) is 5.91 Å². The molecule has 1 N–H and O–H groups in total. The third kappa shape index (κ3) is 5.21. The number of thioether (sulfide) groups is 1. The average Bonchev–Trinajstić information content (AvgIpc) is 3.46. The van der Waals surface area contributed by atoms with Crippen molar-refractivity contribution in [3.63, 3.8) is 0 Å². The van der Waals surface area contributed by atoms with Gasteiger partial charge in [-0.25, -0.2) is 4.98 Å². The van der Waals surface area contributed by atoms with Crippen molar-refractivity contribution >= 4 is 29.0 Å². The lowest BCUT2D eigenvalue weighted by Gasteiger charge is -2.15. The number of carbonyl (C=O) groups excluding carboxylic acids is 1. The van der Waals surface area contributed by atoms with E-state index in [2.05, 4.69) is 57.1 Å². The van der Waals surface area contributed by atoms with Crippen LogP contribution in [0.1, 0.15) is 45.7 Å². The van der Waals surface area contributed by atoms with Crippen LogP contribution in [-0.2, 0) is 12.3 Å². The van der Waals surface area contributed by atoms with E-state index in [9.17, 15) is 4.79 Å². The first kappa shape index (κ1) is 21.3. The van der Waals surface area contributed by atoms with Crippen molar-refractivity contribution in [1.29, 1.82) is 0 Å². The standard InChI is InChI=1S/C23H23N5OS2/c1-16(2)18-10-6-7-11-19(18)28-13-12-24-23(28)30-15-20-26-27-22(31-20)21(29)25-14-17-8-4-3-5-9-17/h3-13,16H,14-15H2,1-2H3,(H,25,29).